The van der Waals surface area contributed by atoms with Crippen LogP contribution in [0, 0.1) is 11.7 Å². The third kappa shape index (κ3) is 7.10. The normalized spacial score (nSPS) is 19.5. The standard InChI is InChI=1S/C27H35F3O/c1-3-5-20-7-12-23(13-8-20)24-14-10-22(11-15-24)19-31-27(29,30)18-25-16-9-21(6-4-2)17-26(25)28/h9-11,14-17,20,23H,3-8,12-13,18-19H2,1-2H3. The molecule has 0 spiro atoms. The maximum Gasteiger partial charge on any atom is 0.360 e. The van der Waals surface area contributed by atoms with Gasteiger partial charge in [0, 0.05) is 0 Å². The fourth-order valence-corrected chi connectivity index (χ4v) is 4.72. The van der Waals surface area contributed by atoms with Gasteiger partial charge in [-0.05, 0) is 72.3 Å². The Morgan fingerprint density at radius 1 is 0.903 bits per heavy atom. The summed E-state index contributed by atoms with van der Waals surface area (Å²) in [6.45, 7) is 4.06. The second kappa shape index (κ2) is 11.2. The molecule has 0 N–H and O–H groups in total. The first-order valence-electron chi connectivity index (χ1n) is 11.8. The van der Waals surface area contributed by atoms with Crippen molar-refractivity contribution in [3.63, 3.8) is 0 Å². The number of alkyl halides is 2. The Balaban J connectivity index is 1.51. The molecule has 170 valence electrons. The predicted octanol–water partition coefficient (Wildman–Crippen LogP) is 8.20. The van der Waals surface area contributed by atoms with Crippen molar-refractivity contribution in [3.8, 4) is 0 Å². The van der Waals surface area contributed by atoms with E-state index in [2.05, 4.69) is 6.92 Å². The van der Waals surface area contributed by atoms with Gasteiger partial charge in [-0.15, -0.1) is 0 Å². The van der Waals surface area contributed by atoms with E-state index >= 15 is 0 Å². The van der Waals surface area contributed by atoms with Crippen molar-refractivity contribution in [2.45, 2.75) is 90.3 Å². The average molecular weight is 433 g/mol. The Morgan fingerprint density at radius 2 is 1.58 bits per heavy atom. The van der Waals surface area contributed by atoms with E-state index in [1.165, 1.54) is 56.2 Å². The zero-order chi connectivity index (χ0) is 22.3. The molecule has 0 heterocycles. The summed E-state index contributed by atoms with van der Waals surface area (Å²) in [7, 11) is 0. The Kier molecular flexibility index (Phi) is 8.59. The van der Waals surface area contributed by atoms with Crippen LogP contribution in [0.15, 0.2) is 42.5 Å². The van der Waals surface area contributed by atoms with Gasteiger partial charge in [-0.1, -0.05) is 69.5 Å². The van der Waals surface area contributed by atoms with Gasteiger partial charge in [-0.2, -0.15) is 8.78 Å². The second-order valence-corrected chi connectivity index (χ2v) is 9.03. The molecule has 0 aromatic heterocycles. The first-order valence-corrected chi connectivity index (χ1v) is 11.8. The van der Waals surface area contributed by atoms with Gasteiger partial charge in [-0.25, -0.2) is 4.39 Å². The topological polar surface area (TPSA) is 9.23 Å². The van der Waals surface area contributed by atoms with E-state index in [-0.39, 0.29) is 12.2 Å². The second-order valence-electron chi connectivity index (χ2n) is 9.03. The van der Waals surface area contributed by atoms with E-state index in [1.807, 2.05) is 31.2 Å². The number of aryl methyl sites for hydroxylation is 1. The van der Waals surface area contributed by atoms with Crippen LogP contribution in [-0.2, 0) is 24.2 Å². The minimum atomic E-state index is -3.41. The van der Waals surface area contributed by atoms with E-state index in [0.29, 0.717) is 11.5 Å². The van der Waals surface area contributed by atoms with Crippen LogP contribution < -0.4 is 0 Å². The van der Waals surface area contributed by atoms with Crippen LogP contribution in [0.4, 0.5) is 13.2 Å². The van der Waals surface area contributed by atoms with Crippen LogP contribution in [0.3, 0.4) is 0 Å². The van der Waals surface area contributed by atoms with Crippen molar-refractivity contribution in [2.24, 2.45) is 5.92 Å². The highest BCUT2D eigenvalue weighted by Gasteiger charge is 2.32. The number of hydrogen-bond donors (Lipinski definition) is 0. The van der Waals surface area contributed by atoms with Gasteiger partial charge in [0.2, 0.25) is 0 Å². The molecule has 0 amide bonds. The fourth-order valence-electron chi connectivity index (χ4n) is 4.72. The number of hydrogen-bond acceptors (Lipinski definition) is 1. The van der Waals surface area contributed by atoms with Gasteiger partial charge >= 0.3 is 6.11 Å². The van der Waals surface area contributed by atoms with E-state index in [0.717, 1.165) is 24.3 Å². The number of rotatable bonds is 10. The summed E-state index contributed by atoms with van der Waals surface area (Å²) in [4.78, 5) is 0. The predicted molar refractivity (Wildman–Crippen MR) is 120 cm³/mol. The summed E-state index contributed by atoms with van der Waals surface area (Å²) in [6.07, 6.45) is 5.01. The molecule has 0 radical (unpaired) electrons. The van der Waals surface area contributed by atoms with Crippen molar-refractivity contribution in [1.82, 2.24) is 0 Å². The lowest BCUT2D eigenvalue weighted by atomic mass is 9.77. The summed E-state index contributed by atoms with van der Waals surface area (Å²) in [5, 5.41) is 0. The lowest BCUT2D eigenvalue weighted by molar-refractivity contribution is -0.244. The molecule has 1 saturated carbocycles. The molecule has 0 aliphatic heterocycles. The molecular weight excluding hydrogens is 397 g/mol. The molecule has 2 aromatic rings. The molecule has 1 fully saturated rings. The largest absolute Gasteiger partial charge is 0.360 e. The highest BCUT2D eigenvalue weighted by Crippen LogP contribution is 2.37. The van der Waals surface area contributed by atoms with Crippen molar-refractivity contribution in [1.29, 1.82) is 0 Å². The molecule has 0 bridgehead atoms. The maximum absolute atomic E-state index is 14.3. The van der Waals surface area contributed by atoms with Crippen molar-refractivity contribution in [3.05, 3.63) is 70.5 Å². The average Bonchev–Trinajstić information content (AvgIpc) is 2.76. The van der Waals surface area contributed by atoms with Gasteiger partial charge in [0.15, 0.2) is 0 Å². The molecule has 1 nitrogen and oxygen atoms in total. The molecule has 3 rings (SSSR count). The summed E-state index contributed by atoms with van der Waals surface area (Å²) >= 11 is 0. The van der Waals surface area contributed by atoms with Crippen LogP contribution in [-0.4, -0.2) is 6.11 Å². The van der Waals surface area contributed by atoms with Crippen LogP contribution in [0.25, 0.3) is 0 Å². The summed E-state index contributed by atoms with van der Waals surface area (Å²) in [5.41, 5.74) is 2.81. The zero-order valence-electron chi connectivity index (χ0n) is 18.8. The van der Waals surface area contributed by atoms with Gasteiger partial charge in [0.05, 0.1) is 13.0 Å². The summed E-state index contributed by atoms with van der Waals surface area (Å²) < 4.78 is 47.7. The van der Waals surface area contributed by atoms with Crippen LogP contribution >= 0.6 is 0 Å². The summed E-state index contributed by atoms with van der Waals surface area (Å²) in [5.74, 6) is 0.847. The van der Waals surface area contributed by atoms with E-state index in [4.69, 9.17) is 4.74 Å². The van der Waals surface area contributed by atoms with Crippen molar-refractivity contribution in [2.75, 3.05) is 0 Å². The Hall–Kier alpha value is -1.81. The van der Waals surface area contributed by atoms with Crippen molar-refractivity contribution < 1.29 is 17.9 Å². The molecule has 1 aliphatic carbocycles. The van der Waals surface area contributed by atoms with Crippen LogP contribution in [0.1, 0.15) is 87.0 Å². The minimum Gasteiger partial charge on any atom is -0.315 e. The molecule has 0 saturated heterocycles. The smallest absolute Gasteiger partial charge is 0.315 e. The van der Waals surface area contributed by atoms with Crippen LogP contribution in [0.5, 0.6) is 0 Å². The van der Waals surface area contributed by atoms with E-state index in [1.54, 1.807) is 6.07 Å². The van der Waals surface area contributed by atoms with E-state index < -0.39 is 18.3 Å². The van der Waals surface area contributed by atoms with Gasteiger partial charge in [-0.3, -0.25) is 0 Å². The number of benzene rings is 2. The third-order valence-electron chi connectivity index (χ3n) is 6.50. The SMILES string of the molecule is CCCc1ccc(CC(F)(F)OCc2ccc(C3CCC(CCC)CC3)cc2)c(F)c1. The lowest BCUT2D eigenvalue weighted by Crippen LogP contribution is -2.24. The maximum atomic E-state index is 14.3. The quantitative estimate of drug-likeness (QED) is 0.368. The van der Waals surface area contributed by atoms with Crippen molar-refractivity contribution >= 4 is 0 Å². The first-order chi connectivity index (χ1) is 14.9. The minimum absolute atomic E-state index is 0.0149. The Bertz CT molecular complexity index is 808. The zero-order valence-corrected chi connectivity index (χ0v) is 18.8. The number of halogens is 3. The number of ether oxygens (including phenoxy) is 1. The van der Waals surface area contributed by atoms with Gasteiger partial charge < -0.3 is 4.74 Å². The molecule has 1 aliphatic rings. The van der Waals surface area contributed by atoms with Gasteiger partial charge in [0.25, 0.3) is 0 Å². The molecule has 0 atom stereocenters. The molecular formula is C27H35F3O. The fraction of sp³-hybridized carbons (Fsp3) is 0.556. The lowest BCUT2D eigenvalue weighted by Gasteiger charge is -2.28. The monoisotopic (exact) mass is 432 g/mol. The Morgan fingerprint density at radius 3 is 2.19 bits per heavy atom. The van der Waals surface area contributed by atoms with Crippen LogP contribution in [0.2, 0.25) is 0 Å². The van der Waals surface area contributed by atoms with E-state index in [9.17, 15) is 13.2 Å². The summed E-state index contributed by atoms with van der Waals surface area (Å²) in [6, 6.07) is 12.4. The molecule has 2 aromatic carbocycles. The van der Waals surface area contributed by atoms with Gasteiger partial charge in [0.1, 0.15) is 5.82 Å². The highest BCUT2D eigenvalue weighted by atomic mass is 19.3. The highest BCUT2D eigenvalue weighted by molar-refractivity contribution is 5.26. The molecule has 31 heavy (non-hydrogen) atoms. The first kappa shape index (κ1) is 23.8. The third-order valence-corrected chi connectivity index (χ3v) is 6.50. The Labute approximate surface area is 185 Å². The molecule has 0 unspecified atom stereocenters. The molecule has 4 heteroatoms.